The van der Waals surface area contributed by atoms with Crippen molar-refractivity contribution in [2.45, 2.75) is 19.9 Å². The molecule has 80 valence electrons. The van der Waals surface area contributed by atoms with Crippen molar-refractivity contribution in [2.24, 2.45) is 0 Å². The normalized spacial score (nSPS) is 15.5. The van der Waals surface area contributed by atoms with Crippen LogP contribution in [0.25, 0.3) is 0 Å². The topological polar surface area (TPSA) is 84.1 Å². The molecule has 0 bridgehead atoms. The smallest absolute Gasteiger partial charge is 0.335 e. The van der Waals surface area contributed by atoms with E-state index in [1.165, 1.54) is 4.68 Å². The number of hydrogen-bond donors (Lipinski definition) is 1. The number of anilines is 1. The summed E-state index contributed by atoms with van der Waals surface area (Å²) < 4.78 is 1.47. The molecule has 1 aromatic heterocycles. The van der Waals surface area contributed by atoms with Crippen LogP contribution in [-0.2, 0) is 11.3 Å². The highest BCUT2D eigenvalue weighted by atomic mass is 16.4. The molecule has 1 aliphatic rings. The van der Waals surface area contributed by atoms with Gasteiger partial charge >= 0.3 is 5.97 Å². The average molecular weight is 209 g/mol. The van der Waals surface area contributed by atoms with Crippen molar-refractivity contribution < 1.29 is 9.90 Å². The van der Waals surface area contributed by atoms with E-state index in [0.29, 0.717) is 17.9 Å². The Bertz CT molecular complexity index is 436. The molecule has 0 saturated heterocycles. The summed E-state index contributed by atoms with van der Waals surface area (Å²) in [6, 6.07) is 0. The number of nitrogens with zero attached hydrogens (tertiary/aromatic N) is 5. The van der Waals surface area contributed by atoms with Gasteiger partial charge in [-0.3, -0.25) is 0 Å². The van der Waals surface area contributed by atoms with Crippen molar-refractivity contribution in [3.8, 4) is 0 Å². The summed E-state index contributed by atoms with van der Waals surface area (Å²) in [6.45, 7) is 2.14. The van der Waals surface area contributed by atoms with Crippen molar-refractivity contribution in [1.82, 2.24) is 20.2 Å². The minimum absolute atomic E-state index is 0.227. The van der Waals surface area contributed by atoms with Gasteiger partial charge in [0.15, 0.2) is 0 Å². The molecular formula is C8H11N5O2. The fraction of sp³-hybridized carbons (Fsp3) is 0.500. The summed E-state index contributed by atoms with van der Waals surface area (Å²) in [4.78, 5) is 12.7. The predicted octanol–water partition coefficient (Wildman–Crippen LogP) is -0.128. The first-order chi connectivity index (χ1) is 7.15. The van der Waals surface area contributed by atoms with Crippen LogP contribution in [0.5, 0.6) is 0 Å². The van der Waals surface area contributed by atoms with Crippen LogP contribution in [0.15, 0.2) is 11.3 Å². The Labute approximate surface area is 86.0 Å². The number of fused-ring (bicyclic) bond motifs is 1. The lowest BCUT2D eigenvalue weighted by molar-refractivity contribution is -0.133. The van der Waals surface area contributed by atoms with Gasteiger partial charge in [-0.15, -0.1) is 0 Å². The molecular weight excluding hydrogens is 198 g/mol. The fourth-order valence-corrected chi connectivity index (χ4v) is 1.75. The molecule has 0 spiro atoms. The van der Waals surface area contributed by atoms with Crippen LogP contribution < -0.4 is 4.90 Å². The van der Waals surface area contributed by atoms with Gasteiger partial charge in [0.2, 0.25) is 5.95 Å². The van der Waals surface area contributed by atoms with Crippen molar-refractivity contribution in [3.05, 3.63) is 11.3 Å². The molecule has 0 fully saturated rings. The molecule has 15 heavy (non-hydrogen) atoms. The van der Waals surface area contributed by atoms with Gasteiger partial charge in [-0.25, -0.2) is 9.48 Å². The molecule has 1 N–H and O–H groups in total. The SMILES string of the molecule is CCC1=C(C(=O)O)Cn2nnnc2N1C. The third kappa shape index (κ3) is 1.36. The van der Waals surface area contributed by atoms with E-state index in [1.807, 2.05) is 6.92 Å². The maximum absolute atomic E-state index is 11.0. The Kier molecular flexibility index (Phi) is 2.14. The van der Waals surface area contributed by atoms with Crippen LogP contribution in [0.2, 0.25) is 0 Å². The second-order valence-corrected chi connectivity index (χ2v) is 3.28. The zero-order chi connectivity index (χ0) is 11.0. The third-order valence-electron chi connectivity index (χ3n) is 2.47. The number of carbonyl (C=O) groups is 1. The number of carboxylic acid groups (broad SMARTS) is 1. The lowest BCUT2D eigenvalue weighted by Crippen LogP contribution is -2.30. The Morgan fingerprint density at radius 1 is 1.60 bits per heavy atom. The molecule has 0 unspecified atom stereocenters. The number of carboxylic acids is 1. The zero-order valence-electron chi connectivity index (χ0n) is 8.51. The average Bonchev–Trinajstić information content (AvgIpc) is 2.65. The van der Waals surface area contributed by atoms with Crippen molar-refractivity contribution in [2.75, 3.05) is 11.9 Å². The highest BCUT2D eigenvalue weighted by Gasteiger charge is 2.27. The van der Waals surface area contributed by atoms with E-state index in [9.17, 15) is 4.79 Å². The van der Waals surface area contributed by atoms with E-state index in [0.717, 1.165) is 5.70 Å². The summed E-state index contributed by atoms with van der Waals surface area (Å²) >= 11 is 0. The number of tetrazole rings is 1. The van der Waals surface area contributed by atoms with E-state index in [-0.39, 0.29) is 6.54 Å². The lowest BCUT2D eigenvalue weighted by atomic mass is 10.1. The van der Waals surface area contributed by atoms with Gasteiger partial charge in [-0.05, 0) is 16.8 Å². The Morgan fingerprint density at radius 3 is 2.93 bits per heavy atom. The molecule has 7 nitrogen and oxygen atoms in total. The van der Waals surface area contributed by atoms with Crippen LogP contribution in [0.4, 0.5) is 5.95 Å². The molecule has 0 saturated carbocycles. The quantitative estimate of drug-likeness (QED) is 0.730. The van der Waals surface area contributed by atoms with Crippen molar-refractivity contribution in [3.63, 3.8) is 0 Å². The number of hydrogen-bond acceptors (Lipinski definition) is 5. The van der Waals surface area contributed by atoms with Crippen LogP contribution >= 0.6 is 0 Å². The van der Waals surface area contributed by atoms with E-state index >= 15 is 0 Å². The number of aromatic nitrogens is 4. The Morgan fingerprint density at radius 2 is 2.33 bits per heavy atom. The monoisotopic (exact) mass is 209 g/mol. The Hall–Kier alpha value is -1.92. The second-order valence-electron chi connectivity index (χ2n) is 3.28. The lowest BCUT2D eigenvalue weighted by Gasteiger charge is -2.26. The summed E-state index contributed by atoms with van der Waals surface area (Å²) in [6.07, 6.45) is 0.644. The summed E-state index contributed by atoms with van der Waals surface area (Å²) in [5.74, 6) is -0.336. The largest absolute Gasteiger partial charge is 0.478 e. The van der Waals surface area contributed by atoms with Crippen molar-refractivity contribution >= 4 is 11.9 Å². The van der Waals surface area contributed by atoms with Gasteiger partial charge in [0, 0.05) is 12.7 Å². The van der Waals surface area contributed by atoms with Gasteiger partial charge in [0.05, 0.1) is 12.1 Å². The second kappa shape index (κ2) is 3.34. The summed E-state index contributed by atoms with van der Waals surface area (Å²) in [5.41, 5.74) is 1.10. The minimum atomic E-state index is -0.917. The summed E-state index contributed by atoms with van der Waals surface area (Å²) in [7, 11) is 1.77. The van der Waals surface area contributed by atoms with Gasteiger partial charge in [-0.1, -0.05) is 12.0 Å². The van der Waals surface area contributed by atoms with Crippen molar-refractivity contribution in [1.29, 1.82) is 0 Å². The highest BCUT2D eigenvalue weighted by molar-refractivity contribution is 5.88. The molecule has 1 aliphatic heterocycles. The molecule has 0 radical (unpaired) electrons. The van der Waals surface area contributed by atoms with Crippen LogP contribution in [0.3, 0.4) is 0 Å². The molecule has 0 atom stereocenters. The standard InChI is InChI=1S/C8H11N5O2/c1-3-6-5(7(14)15)4-13-8(12(6)2)9-10-11-13/h3-4H2,1-2H3,(H,14,15). The van der Waals surface area contributed by atoms with Gasteiger partial charge < -0.3 is 10.0 Å². The first-order valence-corrected chi connectivity index (χ1v) is 4.60. The molecule has 0 aliphatic carbocycles. The van der Waals surface area contributed by atoms with E-state index < -0.39 is 5.97 Å². The molecule has 2 rings (SSSR count). The van der Waals surface area contributed by atoms with Gasteiger partial charge in [0.25, 0.3) is 0 Å². The Balaban J connectivity index is 2.50. The molecule has 0 amide bonds. The first kappa shape index (κ1) is 9.63. The van der Waals surface area contributed by atoms with E-state index in [4.69, 9.17) is 5.11 Å². The van der Waals surface area contributed by atoms with Gasteiger partial charge in [0.1, 0.15) is 0 Å². The van der Waals surface area contributed by atoms with Crippen LogP contribution in [0.1, 0.15) is 13.3 Å². The highest BCUT2D eigenvalue weighted by Crippen LogP contribution is 2.25. The maximum atomic E-state index is 11.0. The minimum Gasteiger partial charge on any atom is -0.478 e. The van der Waals surface area contributed by atoms with Crippen LogP contribution in [-0.4, -0.2) is 38.3 Å². The number of allylic oxidation sites excluding steroid dienone is 1. The predicted molar refractivity (Wildman–Crippen MR) is 51.2 cm³/mol. The molecule has 0 aromatic carbocycles. The zero-order valence-corrected chi connectivity index (χ0v) is 8.51. The fourth-order valence-electron chi connectivity index (χ4n) is 1.75. The molecule has 7 heteroatoms. The first-order valence-electron chi connectivity index (χ1n) is 4.60. The number of rotatable bonds is 2. The van der Waals surface area contributed by atoms with Crippen LogP contribution in [0, 0.1) is 0 Å². The third-order valence-corrected chi connectivity index (χ3v) is 2.47. The molecule has 2 heterocycles. The van der Waals surface area contributed by atoms with Gasteiger partial charge in [-0.2, -0.15) is 0 Å². The maximum Gasteiger partial charge on any atom is 0.335 e. The summed E-state index contributed by atoms with van der Waals surface area (Å²) in [5, 5.41) is 20.1. The van der Waals surface area contributed by atoms with E-state index in [2.05, 4.69) is 15.5 Å². The molecule has 1 aromatic rings. The number of aliphatic carboxylic acids is 1. The van der Waals surface area contributed by atoms with E-state index in [1.54, 1.807) is 11.9 Å².